The highest BCUT2D eigenvalue weighted by molar-refractivity contribution is 5.94. The van der Waals surface area contributed by atoms with Gasteiger partial charge in [0.05, 0.1) is 0 Å². The minimum absolute atomic E-state index is 0.0749. The van der Waals surface area contributed by atoms with Crippen molar-refractivity contribution in [1.29, 1.82) is 0 Å². The minimum Gasteiger partial charge on any atom is -0.295 e. The van der Waals surface area contributed by atoms with E-state index in [-0.39, 0.29) is 5.78 Å². The Balaban J connectivity index is 2.36. The van der Waals surface area contributed by atoms with Crippen molar-refractivity contribution in [3.05, 3.63) is 60.2 Å². The van der Waals surface area contributed by atoms with Crippen LogP contribution in [0.5, 0.6) is 0 Å². The van der Waals surface area contributed by atoms with Crippen LogP contribution in [0.3, 0.4) is 0 Å². The van der Waals surface area contributed by atoms with Gasteiger partial charge in [-0.05, 0) is 30.2 Å². The van der Waals surface area contributed by atoms with Gasteiger partial charge in [0.1, 0.15) is 0 Å². The van der Waals surface area contributed by atoms with Crippen molar-refractivity contribution < 1.29 is 4.79 Å². The molecule has 1 heteroatoms. The second kappa shape index (κ2) is 4.09. The molecule has 0 amide bonds. The summed E-state index contributed by atoms with van der Waals surface area (Å²) < 4.78 is 0. The van der Waals surface area contributed by atoms with Crippen LogP contribution in [0, 0.1) is 6.07 Å². The van der Waals surface area contributed by atoms with Crippen molar-refractivity contribution >= 4 is 5.78 Å². The number of hydrogen-bond donors (Lipinski definition) is 0. The Bertz CT molecular complexity index is 454. The highest BCUT2D eigenvalue weighted by atomic mass is 16.1. The van der Waals surface area contributed by atoms with Crippen LogP contribution < -0.4 is 0 Å². The van der Waals surface area contributed by atoms with E-state index in [9.17, 15) is 4.79 Å². The van der Waals surface area contributed by atoms with Gasteiger partial charge in [-0.1, -0.05) is 42.5 Å². The van der Waals surface area contributed by atoms with Crippen LogP contribution in [0.1, 0.15) is 17.3 Å². The van der Waals surface area contributed by atoms with E-state index < -0.39 is 0 Å². The second-order valence-corrected chi connectivity index (χ2v) is 3.41. The maximum Gasteiger partial charge on any atom is 0.159 e. The van der Waals surface area contributed by atoms with Gasteiger partial charge in [-0.3, -0.25) is 4.79 Å². The van der Waals surface area contributed by atoms with Gasteiger partial charge in [0.15, 0.2) is 5.78 Å². The van der Waals surface area contributed by atoms with Crippen LogP contribution >= 0.6 is 0 Å². The third-order valence-electron chi connectivity index (χ3n) is 2.30. The normalized spacial score (nSPS) is 9.93. The molecule has 0 unspecified atom stereocenters. The minimum atomic E-state index is 0.0749. The van der Waals surface area contributed by atoms with E-state index in [1.807, 2.05) is 42.5 Å². The van der Waals surface area contributed by atoms with E-state index in [0.29, 0.717) is 5.56 Å². The summed E-state index contributed by atoms with van der Waals surface area (Å²) in [6, 6.07) is 18.6. The fourth-order valence-corrected chi connectivity index (χ4v) is 1.44. The Labute approximate surface area is 89.4 Å². The number of rotatable bonds is 2. The Morgan fingerprint density at radius 2 is 1.80 bits per heavy atom. The molecule has 0 atom stereocenters. The standard InChI is InChI=1S/C14H11O/c1-11(15)12-7-9-14(10-8-12)13-5-3-2-4-6-13/h2-9H,1H3. The summed E-state index contributed by atoms with van der Waals surface area (Å²) in [5.41, 5.74) is 2.84. The van der Waals surface area contributed by atoms with E-state index in [1.54, 1.807) is 13.0 Å². The first-order valence-electron chi connectivity index (χ1n) is 4.85. The zero-order valence-electron chi connectivity index (χ0n) is 8.53. The molecule has 0 heterocycles. The van der Waals surface area contributed by atoms with E-state index in [1.165, 1.54) is 0 Å². The second-order valence-electron chi connectivity index (χ2n) is 3.41. The van der Waals surface area contributed by atoms with Crippen LogP contribution in [0.15, 0.2) is 48.5 Å². The number of hydrogen-bond acceptors (Lipinski definition) is 1. The van der Waals surface area contributed by atoms with E-state index in [0.717, 1.165) is 11.1 Å². The van der Waals surface area contributed by atoms with Gasteiger partial charge in [0.25, 0.3) is 0 Å². The van der Waals surface area contributed by atoms with Gasteiger partial charge in [-0.25, -0.2) is 0 Å². The first-order valence-corrected chi connectivity index (χ1v) is 4.85. The van der Waals surface area contributed by atoms with Crippen molar-refractivity contribution in [3.8, 4) is 11.1 Å². The molecule has 0 spiro atoms. The molecule has 2 aromatic rings. The highest BCUT2D eigenvalue weighted by Gasteiger charge is 2.00. The van der Waals surface area contributed by atoms with E-state index in [2.05, 4.69) is 6.07 Å². The fraction of sp³-hybridized carbons (Fsp3) is 0.0714. The molecule has 2 rings (SSSR count). The number of carbonyl (C=O) groups is 1. The van der Waals surface area contributed by atoms with Crippen molar-refractivity contribution in [2.24, 2.45) is 0 Å². The average Bonchev–Trinajstić information content (AvgIpc) is 2.30. The number of carbonyl (C=O) groups excluding carboxylic acids is 1. The molecule has 0 fully saturated rings. The lowest BCUT2D eigenvalue weighted by molar-refractivity contribution is 0.101. The molecule has 2 aromatic carbocycles. The molecular weight excluding hydrogens is 184 g/mol. The summed E-state index contributed by atoms with van der Waals surface area (Å²) >= 11 is 0. The fourth-order valence-electron chi connectivity index (χ4n) is 1.44. The molecule has 73 valence electrons. The quantitative estimate of drug-likeness (QED) is 0.671. The first kappa shape index (κ1) is 9.66. The van der Waals surface area contributed by atoms with Crippen molar-refractivity contribution in [1.82, 2.24) is 0 Å². The summed E-state index contributed by atoms with van der Waals surface area (Å²) in [7, 11) is 0. The summed E-state index contributed by atoms with van der Waals surface area (Å²) in [5, 5.41) is 0. The molecule has 1 radical (unpaired) electrons. The average molecular weight is 195 g/mol. The smallest absolute Gasteiger partial charge is 0.159 e. The molecule has 0 saturated carbocycles. The summed E-state index contributed by atoms with van der Waals surface area (Å²) in [5.74, 6) is 0.0749. The maximum atomic E-state index is 11.1. The molecule has 0 bridgehead atoms. The van der Waals surface area contributed by atoms with Crippen LogP contribution in [-0.2, 0) is 0 Å². The third-order valence-corrected chi connectivity index (χ3v) is 2.30. The van der Waals surface area contributed by atoms with Gasteiger partial charge in [-0.2, -0.15) is 0 Å². The topological polar surface area (TPSA) is 17.1 Å². The lowest BCUT2D eigenvalue weighted by Crippen LogP contribution is -1.90. The van der Waals surface area contributed by atoms with Crippen molar-refractivity contribution in [2.75, 3.05) is 0 Å². The molecule has 0 aliphatic carbocycles. The SMILES string of the molecule is CC(=O)c1c[c]c(-c2ccccc2)cc1. The zero-order chi connectivity index (χ0) is 10.7. The molecule has 0 saturated heterocycles. The largest absolute Gasteiger partial charge is 0.295 e. The number of ketones is 1. The summed E-state index contributed by atoms with van der Waals surface area (Å²) in [6.07, 6.45) is 0. The van der Waals surface area contributed by atoms with Crippen LogP contribution in [-0.4, -0.2) is 5.78 Å². The van der Waals surface area contributed by atoms with Gasteiger partial charge in [0, 0.05) is 5.56 Å². The predicted octanol–water partition coefficient (Wildman–Crippen LogP) is 3.36. The number of benzene rings is 2. The van der Waals surface area contributed by atoms with Gasteiger partial charge >= 0.3 is 0 Å². The Morgan fingerprint density at radius 3 is 2.33 bits per heavy atom. The van der Waals surface area contributed by atoms with Crippen molar-refractivity contribution in [3.63, 3.8) is 0 Å². The van der Waals surface area contributed by atoms with Crippen LogP contribution in [0.2, 0.25) is 0 Å². The van der Waals surface area contributed by atoms with Gasteiger partial charge in [0.2, 0.25) is 0 Å². The van der Waals surface area contributed by atoms with Crippen LogP contribution in [0.4, 0.5) is 0 Å². The first-order chi connectivity index (χ1) is 7.27. The predicted molar refractivity (Wildman–Crippen MR) is 60.7 cm³/mol. The van der Waals surface area contributed by atoms with Gasteiger partial charge in [-0.15, -0.1) is 0 Å². The van der Waals surface area contributed by atoms with Crippen LogP contribution in [0.25, 0.3) is 11.1 Å². The summed E-state index contributed by atoms with van der Waals surface area (Å²) in [4.78, 5) is 11.1. The lowest BCUT2D eigenvalue weighted by atomic mass is 10.0. The number of Topliss-reactive ketones (excluding diaryl/α,β-unsaturated/α-hetero) is 1. The Hall–Kier alpha value is -1.89. The molecule has 0 aliphatic heterocycles. The summed E-state index contributed by atoms with van der Waals surface area (Å²) in [6.45, 7) is 1.56. The lowest BCUT2D eigenvalue weighted by Gasteiger charge is -2.01. The van der Waals surface area contributed by atoms with E-state index in [4.69, 9.17) is 0 Å². The van der Waals surface area contributed by atoms with Gasteiger partial charge < -0.3 is 0 Å². The molecule has 15 heavy (non-hydrogen) atoms. The molecular formula is C14H11O. The maximum absolute atomic E-state index is 11.1. The Kier molecular flexibility index (Phi) is 2.64. The van der Waals surface area contributed by atoms with E-state index >= 15 is 0 Å². The zero-order valence-corrected chi connectivity index (χ0v) is 8.53. The molecule has 0 aromatic heterocycles. The monoisotopic (exact) mass is 195 g/mol. The molecule has 0 aliphatic rings. The molecule has 1 nitrogen and oxygen atoms in total. The van der Waals surface area contributed by atoms with Crippen molar-refractivity contribution in [2.45, 2.75) is 6.92 Å². The Morgan fingerprint density at radius 1 is 1.07 bits per heavy atom. The highest BCUT2D eigenvalue weighted by Crippen LogP contribution is 2.18. The molecule has 0 N–H and O–H groups in total. The third kappa shape index (κ3) is 2.13.